The van der Waals surface area contributed by atoms with Crippen LogP contribution >= 0.6 is 0 Å². The van der Waals surface area contributed by atoms with Crippen LogP contribution in [0.1, 0.15) is 144 Å². The zero-order chi connectivity index (χ0) is 64.2. The number of carbonyl (C=O) groups excluding carboxylic acids is 6. The topological polar surface area (TPSA) is 275 Å². The highest BCUT2D eigenvalue weighted by atomic mass is 16.6. The predicted molar refractivity (Wildman–Crippen MR) is 329 cm³/mol. The Bertz CT molecular complexity index is 2570. The summed E-state index contributed by atoms with van der Waals surface area (Å²) in [6.45, 7) is 18.2. The minimum Gasteiger partial charge on any atom is -0.460 e. The molecule has 22 heteroatoms. The number of ether oxygens (including phenoxy) is 7. The van der Waals surface area contributed by atoms with E-state index in [1.165, 1.54) is 12.0 Å². The fraction of sp³-hybridized carbons (Fsp3) is 0.727. The van der Waals surface area contributed by atoms with Gasteiger partial charge in [-0.1, -0.05) is 71.1 Å². The van der Waals surface area contributed by atoms with Gasteiger partial charge in [0.2, 0.25) is 17.6 Å². The van der Waals surface area contributed by atoms with Gasteiger partial charge in [0, 0.05) is 116 Å². The Hall–Kier alpha value is -5.46. The van der Waals surface area contributed by atoms with Crippen molar-refractivity contribution >= 4 is 41.4 Å². The van der Waals surface area contributed by atoms with Gasteiger partial charge in [-0.25, -0.2) is 19.6 Å². The second-order valence-electron chi connectivity index (χ2n) is 25.2. The molecule has 0 spiro atoms. The van der Waals surface area contributed by atoms with E-state index in [4.69, 9.17) is 33.2 Å². The SMILES string of the molecule is CCOCCC(=O)N1CCN(c2ncc(CNC(=O)O[C@@H]3CC[C@@H](C[C@@H](C)[C@@H]4C[C@@H](O)[C@H](C)/C=C(\C)[C@@H](O)[C@@H](OC)C(=O)[C@H](C)C[C@H](C)/C=C/C=C/C=C(\C)[C@@H](OC)C[C@@H]5CC[C@@H](C)[C@@](O)(O5)C(=O)C(=O)N5CCCC[C@H]5C(=O)O4)C[C@H]3OC)cn2)CC1. The summed E-state index contributed by atoms with van der Waals surface area (Å²) in [5, 5.41) is 38.6. The summed E-state index contributed by atoms with van der Waals surface area (Å²) in [5.41, 5.74) is 1.96. The van der Waals surface area contributed by atoms with Gasteiger partial charge >= 0.3 is 12.1 Å². The van der Waals surface area contributed by atoms with E-state index in [2.05, 4.69) is 15.3 Å². The zero-order valence-electron chi connectivity index (χ0n) is 54.0. The molecule has 1 aromatic rings. The molecule has 0 radical (unpaired) electrons. The molecular formula is C66H102N6O16. The Morgan fingerprint density at radius 1 is 0.830 bits per heavy atom. The first-order chi connectivity index (χ1) is 42.0. The fourth-order valence-electron chi connectivity index (χ4n) is 13.0. The number of methoxy groups -OCH3 is 3. The number of cyclic esters (lactones) is 1. The number of anilines is 1. The number of ketones is 2. The predicted octanol–water partition coefficient (Wildman–Crippen LogP) is 6.77. The maximum absolute atomic E-state index is 14.7. The van der Waals surface area contributed by atoms with E-state index in [-0.39, 0.29) is 55.4 Å². The lowest BCUT2D eigenvalue weighted by atomic mass is 9.78. The summed E-state index contributed by atoms with van der Waals surface area (Å²) in [4.78, 5) is 97.5. The van der Waals surface area contributed by atoms with Gasteiger partial charge in [-0.3, -0.25) is 19.2 Å². The lowest BCUT2D eigenvalue weighted by Gasteiger charge is -2.43. The molecule has 1 aromatic heterocycles. The van der Waals surface area contributed by atoms with Gasteiger partial charge < -0.3 is 68.5 Å². The molecule has 1 aliphatic carbocycles. The number of carbonyl (C=O) groups is 6. The Morgan fingerprint density at radius 2 is 1.56 bits per heavy atom. The highest BCUT2D eigenvalue weighted by Crippen LogP contribution is 2.38. The molecule has 0 unspecified atom stereocenters. The number of Topliss-reactive ketones (excluding diaryl/α,β-unsaturated/α-hetero) is 2. The molecule has 1 saturated carbocycles. The second-order valence-corrected chi connectivity index (χ2v) is 25.2. The van der Waals surface area contributed by atoms with E-state index in [0.717, 1.165) is 5.57 Å². The average molecular weight is 1240 g/mol. The molecular weight excluding hydrogens is 1130 g/mol. The van der Waals surface area contributed by atoms with Crippen LogP contribution in [0.3, 0.4) is 0 Å². The van der Waals surface area contributed by atoms with Crippen LogP contribution in [0, 0.1) is 35.5 Å². The highest BCUT2D eigenvalue weighted by molar-refractivity contribution is 6.39. The number of amides is 3. The number of aliphatic hydroxyl groups is 3. The molecule has 5 aliphatic rings. The summed E-state index contributed by atoms with van der Waals surface area (Å²) in [6, 6.07) is -1.17. The smallest absolute Gasteiger partial charge is 0.407 e. The third kappa shape index (κ3) is 19.8. The Labute approximate surface area is 521 Å². The molecule has 5 heterocycles. The average Bonchev–Trinajstić information content (AvgIpc) is 1.16. The fourth-order valence-corrected chi connectivity index (χ4v) is 13.0. The van der Waals surface area contributed by atoms with E-state index < -0.39 is 102 Å². The highest BCUT2D eigenvalue weighted by Gasteiger charge is 2.53. The lowest BCUT2D eigenvalue weighted by Crippen LogP contribution is -2.61. The number of aliphatic hydroxyl groups excluding tert-OH is 2. The number of alkyl carbamates (subject to hydrolysis) is 1. The van der Waals surface area contributed by atoms with Crippen LogP contribution < -0.4 is 10.2 Å². The third-order valence-corrected chi connectivity index (χ3v) is 18.6. The van der Waals surface area contributed by atoms with Crippen molar-refractivity contribution in [3.05, 3.63) is 65.6 Å². The number of nitrogens with zero attached hydrogens (tertiary/aromatic N) is 5. The molecule has 3 amide bonds. The number of esters is 1. The van der Waals surface area contributed by atoms with Crippen molar-refractivity contribution in [3.8, 4) is 0 Å². The van der Waals surface area contributed by atoms with Crippen molar-refractivity contribution in [2.45, 2.75) is 206 Å². The largest absolute Gasteiger partial charge is 0.460 e. The molecule has 6 rings (SSSR count). The first-order valence-corrected chi connectivity index (χ1v) is 32.0. The number of hydrogen-bond donors (Lipinski definition) is 4. The van der Waals surface area contributed by atoms with Crippen LogP contribution in [0.5, 0.6) is 0 Å². The summed E-state index contributed by atoms with van der Waals surface area (Å²) in [6.07, 6.45) is 12.7. The molecule has 2 bridgehead atoms. The van der Waals surface area contributed by atoms with Crippen molar-refractivity contribution in [2.24, 2.45) is 35.5 Å². The van der Waals surface area contributed by atoms with Gasteiger partial charge in [-0.15, -0.1) is 0 Å². The second kappa shape index (κ2) is 34.7. The molecule has 22 nitrogen and oxygen atoms in total. The molecule has 4 aliphatic heterocycles. The quantitative estimate of drug-likeness (QED) is 0.0647. The maximum atomic E-state index is 14.7. The van der Waals surface area contributed by atoms with Crippen molar-refractivity contribution in [2.75, 3.05) is 72.2 Å². The van der Waals surface area contributed by atoms with Crippen molar-refractivity contribution in [1.29, 1.82) is 0 Å². The van der Waals surface area contributed by atoms with Gasteiger partial charge in [-0.2, -0.15) is 0 Å². The van der Waals surface area contributed by atoms with Gasteiger partial charge in [0.25, 0.3) is 11.7 Å². The minimum absolute atomic E-state index is 0.00119. The molecule has 4 fully saturated rings. The molecule has 0 aromatic carbocycles. The first-order valence-electron chi connectivity index (χ1n) is 32.0. The monoisotopic (exact) mass is 1230 g/mol. The van der Waals surface area contributed by atoms with Crippen LogP contribution in [-0.4, -0.2) is 198 Å². The molecule has 492 valence electrons. The summed E-state index contributed by atoms with van der Waals surface area (Å²) in [5.74, 6) is -7.23. The van der Waals surface area contributed by atoms with E-state index in [1.807, 2.05) is 74.8 Å². The van der Waals surface area contributed by atoms with Gasteiger partial charge in [0.15, 0.2) is 5.78 Å². The standard InChI is InChI=1S/C66H102N6O16/c1-12-85-31-25-57(74)70-27-29-71(30-28-70)64-67-38-49(39-68-64)40-69-65(80)87-53-24-22-48(35-56(53)83-10)34-44(5)55-37-52(73)43(4)33-46(7)59(76)60(84-11)58(75)45(6)32-41(2)18-14-13-15-19-42(3)54(82-9)36-50-23-21-47(8)66(81,88-50)61(77)62(78)72-26-17-16-20-51(72)63(79)86-55/h13-15,18-19,33,38-39,41,43-45,47-48,50-56,59-60,73,76,81H,12,16-17,20-32,34-37,40H2,1-11H3,(H,69,80)/b15-13+,18-14+,42-19+,46-33+/t41-,43-,44-,45-,47-,48+,50+,51+,52-,53-,54+,55+,56-,59-,60+,66-/m1/s1. The van der Waals surface area contributed by atoms with Crippen LogP contribution in [0.25, 0.3) is 0 Å². The Balaban J connectivity index is 1.16. The van der Waals surface area contributed by atoms with E-state index >= 15 is 0 Å². The van der Waals surface area contributed by atoms with Crippen molar-refractivity contribution in [3.63, 3.8) is 0 Å². The number of piperazine rings is 1. The minimum atomic E-state index is -2.46. The van der Waals surface area contributed by atoms with Gasteiger partial charge in [-0.05, 0) is 114 Å². The van der Waals surface area contributed by atoms with Crippen molar-refractivity contribution < 1.29 is 77.2 Å². The number of allylic oxidation sites excluding steroid dienone is 5. The summed E-state index contributed by atoms with van der Waals surface area (Å²) < 4.78 is 41.4. The number of aromatic nitrogens is 2. The molecule has 3 saturated heterocycles. The normalized spacial score (nSPS) is 34.7. The summed E-state index contributed by atoms with van der Waals surface area (Å²) >= 11 is 0. The Morgan fingerprint density at radius 3 is 2.24 bits per heavy atom. The molecule has 16 atom stereocenters. The number of nitrogens with one attached hydrogen (secondary N) is 1. The van der Waals surface area contributed by atoms with Crippen LogP contribution in [0.2, 0.25) is 0 Å². The van der Waals surface area contributed by atoms with Crippen LogP contribution in [0.4, 0.5) is 10.7 Å². The number of rotatable bonds is 14. The maximum Gasteiger partial charge on any atom is 0.407 e. The third-order valence-electron chi connectivity index (χ3n) is 18.6. The van der Waals surface area contributed by atoms with E-state index in [9.17, 15) is 44.1 Å². The van der Waals surface area contributed by atoms with Gasteiger partial charge in [0.05, 0.1) is 37.4 Å². The number of piperidine rings is 1. The zero-order valence-corrected chi connectivity index (χ0v) is 54.0. The van der Waals surface area contributed by atoms with Gasteiger partial charge in [0.1, 0.15) is 30.5 Å². The number of hydrogen-bond acceptors (Lipinski definition) is 19. The van der Waals surface area contributed by atoms with Crippen molar-refractivity contribution in [1.82, 2.24) is 25.1 Å². The summed E-state index contributed by atoms with van der Waals surface area (Å²) in [7, 11) is 4.53. The van der Waals surface area contributed by atoms with E-state index in [0.29, 0.717) is 127 Å². The van der Waals surface area contributed by atoms with Crippen LogP contribution in [0.15, 0.2) is 60.0 Å². The number of fused-ring (bicyclic) bond motifs is 3. The Kier molecular flexibility index (Phi) is 28.2. The lowest BCUT2D eigenvalue weighted by molar-refractivity contribution is -0.265. The molecule has 88 heavy (non-hydrogen) atoms. The molecule has 4 N–H and O–H groups in total. The first kappa shape index (κ1) is 71.6. The van der Waals surface area contributed by atoms with E-state index in [1.54, 1.807) is 53.5 Å². The van der Waals surface area contributed by atoms with Crippen LogP contribution in [-0.2, 0) is 63.7 Å².